The van der Waals surface area contributed by atoms with Crippen molar-refractivity contribution in [1.82, 2.24) is 19.8 Å². The number of likely N-dealkylation sites (tertiary alicyclic amines) is 1. The Morgan fingerprint density at radius 3 is 2.67 bits per heavy atom. The van der Waals surface area contributed by atoms with Gasteiger partial charge in [0.15, 0.2) is 5.72 Å². The number of aromatic nitrogens is 2. The van der Waals surface area contributed by atoms with Gasteiger partial charge in [0.25, 0.3) is 5.91 Å². The largest absolute Gasteiger partial charge is 0.343 e. The summed E-state index contributed by atoms with van der Waals surface area (Å²) in [5, 5.41) is 0. The highest BCUT2D eigenvalue weighted by atomic mass is 16.5. The van der Waals surface area contributed by atoms with Crippen LogP contribution in [0.25, 0.3) is 11.0 Å². The molecule has 1 spiro atoms. The predicted molar refractivity (Wildman–Crippen MR) is 108 cm³/mol. The monoisotopic (exact) mass is 400 g/mol. The van der Waals surface area contributed by atoms with Gasteiger partial charge < -0.3 is 14.5 Å². The van der Waals surface area contributed by atoms with Gasteiger partial charge in [-0.25, -0.2) is 4.98 Å². The number of rotatable bonds is 2. The van der Waals surface area contributed by atoms with Crippen LogP contribution in [-0.2, 0) is 9.53 Å². The number of fused-ring (bicyclic) bond motifs is 1. The summed E-state index contributed by atoms with van der Waals surface area (Å²) in [6.07, 6.45) is 2.24. The topological polar surface area (TPSA) is 75.6 Å². The third-order valence-corrected chi connectivity index (χ3v) is 6.53. The molecule has 0 saturated carbocycles. The third kappa shape index (κ3) is 2.42. The zero-order valence-corrected chi connectivity index (χ0v) is 16.3. The number of nitrogens with zero attached hydrogens (tertiary/aromatic N) is 4. The van der Waals surface area contributed by atoms with Gasteiger partial charge in [0.2, 0.25) is 5.91 Å². The Hall–Kier alpha value is -3.32. The van der Waals surface area contributed by atoms with Gasteiger partial charge in [-0.2, -0.15) is 0 Å². The molecule has 3 aliphatic heterocycles. The first kappa shape index (κ1) is 17.5. The van der Waals surface area contributed by atoms with Crippen molar-refractivity contribution < 1.29 is 14.3 Å². The smallest absolute Gasteiger partial charge is 0.274 e. The molecule has 3 fully saturated rings. The Kier molecular flexibility index (Phi) is 3.70. The van der Waals surface area contributed by atoms with Gasteiger partial charge in [-0.1, -0.05) is 42.5 Å². The molecule has 4 heterocycles. The molecule has 0 bridgehead atoms. The molecule has 7 heteroatoms. The lowest BCUT2D eigenvalue weighted by molar-refractivity contribution is -0.138. The average Bonchev–Trinajstić information content (AvgIpc) is 3.42. The van der Waals surface area contributed by atoms with Crippen molar-refractivity contribution in [3.63, 3.8) is 0 Å². The first-order valence-corrected chi connectivity index (χ1v) is 10.2. The fourth-order valence-corrected chi connectivity index (χ4v) is 5.12. The van der Waals surface area contributed by atoms with Gasteiger partial charge in [0, 0.05) is 13.0 Å². The van der Waals surface area contributed by atoms with Gasteiger partial charge in [-0.05, 0) is 17.7 Å². The molecule has 0 aliphatic carbocycles. The summed E-state index contributed by atoms with van der Waals surface area (Å²) >= 11 is 0. The molecule has 3 atom stereocenters. The van der Waals surface area contributed by atoms with Crippen molar-refractivity contribution in [2.24, 2.45) is 0 Å². The zero-order valence-electron chi connectivity index (χ0n) is 16.3. The standard InChI is InChI=1S/C23H20N4O3/c28-21-12-20-23(27(21)14-19(30-23)15-6-2-1-3-7-15)10-11-26(20)22(29)18-13-24-16-8-4-5-9-17(16)25-18/h1-9,13,19-20H,10-12,14H2/t19-,20-,23+/m1/s1. The molecular weight excluding hydrogens is 380 g/mol. The highest BCUT2D eigenvalue weighted by molar-refractivity contribution is 5.95. The van der Waals surface area contributed by atoms with Crippen LogP contribution in [0, 0.1) is 0 Å². The van der Waals surface area contributed by atoms with Crippen molar-refractivity contribution in [2.75, 3.05) is 13.1 Å². The summed E-state index contributed by atoms with van der Waals surface area (Å²) in [5.74, 6) is -0.155. The van der Waals surface area contributed by atoms with Crippen molar-refractivity contribution in [1.29, 1.82) is 0 Å². The number of amides is 2. The van der Waals surface area contributed by atoms with Crippen LogP contribution >= 0.6 is 0 Å². The van der Waals surface area contributed by atoms with Gasteiger partial charge in [-0.15, -0.1) is 0 Å². The van der Waals surface area contributed by atoms with E-state index in [-0.39, 0.29) is 30.4 Å². The first-order valence-electron chi connectivity index (χ1n) is 10.2. The Labute approximate surface area is 173 Å². The molecular formula is C23H20N4O3. The molecule has 3 saturated heterocycles. The summed E-state index contributed by atoms with van der Waals surface area (Å²) in [6, 6.07) is 17.1. The lowest BCUT2D eigenvalue weighted by atomic mass is 10.1. The molecule has 2 aromatic carbocycles. The number of carbonyl (C=O) groups excluding carboxylic acids is 2. The minimum atomic E-state index is -0.739. The van der Waals surface area contributed by atoms with E-state index in [2.05, 4.69) is 9.97 Å². The van der Waals surface area contributed by atoms with Gasteiger partial charge in [0.1, 0.15) is 11.8 Å². The fourth-order valence-electron chi connectivity index (χ4n) is 5.12. The molecule has 3 aromatic rings. The molecule has 0 radical (unpaired) electrons. The maximum absolute atomic E-state index is 13.3. The Balaban J connectivity index is 1.31. The SMILES string of the molecule is O=C(c1cnc2ccccc2n1)N1CC[C@@]23O[C@@H](c4ccccc4)CN2C(=O)C[C@@H]13. The van der Waals surface area contributed by atoms with Crippen LogP contribution in [0.1, 0.15) is 35.0 Å². The molecule has 150 valence electrons. The van der Waals surface area contributed by atoms with E-state index in [0.717, 1.165) is 11.1 Å². The van der Waals surface area contributed by atoms with Gasteiger partial charge in [0.05, 0.1) is 36.2 Å². The fraction of sp³-hybridized carbons (Fsp3) is 0.304. The van der Waals surface area contributed by atoms with E-state index in [4.69, 9.17) is 4.74 Å². The van der Waals surface area contributed by atoms with Gasteiger partial charge >= 0.3 is 0 Å². The number of benzene rings is 2. The number of hydrogen-bond acceptors (Lipinski definition) is 5. The minimum absolute atomic E-state index is 0.0422. The Morgan fingerprint density at radius 1 is 1.07 bits per heavy atom. The van der Waals surface area contributed by atoms with Gasteiger partial charge in [-0.3, -0.25) is 14.6 Å². The van der Waals surface area contributed by atoms with Crippen LogP contribution in [0.15, 0.2) is 60.8 Å². The van der Waals surface area contributed by atoms with E-state index in [1.807, 2.05) is 59.5 Å². The number of para-hydroxylation sites is 2. The molecule has 3 aliphatic rings. The summed E-state index contributed by atoms with van der Waals surface area (Å²) in [4.78, 5) is 38.6. The summed E-state index contributed by atoms with van der Waals surface area (Å²) in [6.45, 7) is 1.06. The van der Waals surface area contributed by atoms with Crippen LogP contribution in [0.3, 0.4) is 0 Å². The van der Waals surface area contributed by atoms with E-state index in [9.17, 15) is 9.59 Å². The van der Waals surface area contributed by atoms with E-state index in [0.29, 0.717) is 30.7 Å². The van der Waals surface area contributed by atoms with Crippen molar-refractivity contribution in [2.45, 2.75) is 30.7 Å². The van der Waals surface area contributed by atoms with Crippen LogP contribution in [0.5, 0.6) is 0 Å². The lowest BCUT2D eigenvalue weighted by Gasteiger charge is -2.31. The molecule has 1 aromatic heterocycles. The van der Waals surface area contributed by atoms with E-state index < -0.39 is 5.72 Å². The average molecular weight is 400 g/mol. The third-order valence-electron chi connectivity index (χ3n) is 6.53. The molecule has 7 nitrogen and oxygen atoms in total. The number of carbonyl (C=O) groups is 2. The first-order chi connectivity index (χ1) is 14.7. The quantitative estimate of drug-likeness (QED) is 0.661. The zero-order chi connectivity index (χ0) is 20.3. The van der Waals surface area contributed by atoms with Crippen molar-refractivity contribution in [3.05, 3.63) is 72.1 Å². The van der Waals surface area contributed by atoms with E-state index in [1.54, 1.807) is 4.90 Å². The number of ether oxygens (including phenoxy) is 1. The van der Waals surface area contributed by atoms with Crippen LogP contribution in [0.2, 0.25) is 0 Å². The maximum Gasteiger partial charge on any atom is 0.274 e. The maximum atomic E-state index is 13.3. The number of hydrogen-bond donors (Lipinski definition) is 0. The molecule has 2 amide bonds. The lowest BCUT2D eigenvalue weighted by Crippen LogP contribution is -2.48. The highest BCUT2D eigenvalue weighted by Crippen LogP contribution is 2.50. The molecule has 30 heavy (non-hydrogen) atoms. The van der Waals surface area contributed by atoms with Crippen molar-refractivity contribution in [3.8, 4) is 0 Å². The normalized spacial score (nSPS) is 27.5. The molecule has 0 N–H and O–H groups in total. The van der Waals surface area contributed by atoms with Crippen molar-refractivity contribution >= 4 is 22.8 Å². The summed E-state index contributed by atoms with van der Waals surface area (Å²) in [7, 11) is 0. The van der Waals surface area contributed by atoms with Crippen LogP contribution in [0.4, 0.5) is 0 Å². The minimum Gasteiger partial charge on any atom is -0.343 e. The second-order valence-electron chi connectivity index (χ2n) is 8.08. The second-order valence-corrected chi connectivity index (χ2v) is 8.08. The van der Waals surface area contributed by atoms with E-state index in [1.165, 1.54) is 6.20 Å². The Bertz CT molecular complexity index is 1170. The van der Waals surface area contributed by atoms with Crippen LogP contribution < -0.4 is 0 Å². The summed E-state index contributed by atoms with van der Waals surface area (Å²) < 4.78 is 6.52. The summed E-state index contributed by atoms with van der Waals surface area (Å²) in [5.41, 5.74) is 2.05. The second kappa shape index (κ2) is 6.34. The highest BCUT2D eigenvalue weighted by Gasteiger charge is 2.65. The molecule has 6 rings (SSSR count). The van der Waals surface area contributed by atoms with E-state index >= 15 is 0 Å². The molecule has 0 unspecified atom stereocenters. The predicted octanol–water partition coefficient (Wildman–Crippen LogP) is 2.54. The van der Waals surface area contributed by atoms with Crippen LogP contribution in [-0.4, -0.2) is 56.4 Å². The Morgan fingerprint density at radius 2 is 1.83 bits per heavy atom.